The van der Waals surface area contributed by atoms with Gasteiger partial charge < -0.3 is 10.2 Å². The molecule has 0 saturated carbocycles. The van der Waals surface area contributed by atoms with Crippen LogP contribution in [-0.4, -0.2) is 64.3 Å². The highest BCUT2D eigenvalue weighted by molar-refractivity contribution is 5.94. The number of benzene rings is 2. The lowest BCUT2D eigenvalue weighted by molar-refractivity contribution is -0.117. The molecule has 164 valence electrons. The fraction of sp³-hybridized carbons (Fsp3) is 0.280. The van der Waals surface area contributed by atoms with Crippen molar-refractivity contribution >= 4 is 17.5 Å². The van der Waals surface area contributed by atoms with Crippen molar-refractivity contribution in [3.05, 3.63) is 77.6 Å². The number of hydrogen-bond donors (Lipinski definition) is 1. The number of anilines is 1. The molecule has 1 aliphatic heterocycles. The van der Waals surface area contributed by atoms with Crippen molar-refractivity contribution in [1.82, 2.24) is 19.8 Å². The minimum Gasteiger partial charge on any atom is -0.336 e. The molecule has 1 aromatic heterocycles. The van der Waals surface area contributed by atoms with Crippen molar-refractivity contribution in [2.24, 2.45) is 0 Å². The Kier molecular flexibility index (Phi) is 6.56. The number of piperazine rings is 1. The van der Waals surface area contributed by atoms with Crippen LogP contribution in [0.2, 0.25) is 0 Å². The number of nitrogens with one attached hydrogen (secondary N) is 1. The first kappa shape index (κ1) is 21.6. The van der Waals surface area contributed by atoms with Gasteiger partial charge in [-0.25, -0.2) is 9.97 Å². The number of carbonyl (C=O) groups is 2. The molecule has 32 heavy (non-hydrogen) atoms. The quantitative estimate of drug-likeness (QED) is 0.674. The van der Waals surface area contributed by atoms with Gasteiger partial charge in [-0.1, -0.05) is 42.5 Å². The standard InChI is InChI=1S/C25H27N5O2/c1-18-7-6-10-22(19(18)2)28-23(31)17-29-11-13-30(14-12-29)25(32)21-15-26-24(27-16-21)20-8-4-3-5-9-20/h3-10,15-16H,11-14,17H2,1-2H3,(H,28,31). The second kappa shape index (κ2) is 9.70. The first-order chi connectivity index (χ1) is 15.5. The third kappa shape index (κ3) is 5.00. The van der Waals surface area contributed by atoms with E-state index in [9.17, 15) is 9.59 Å². The van der Waals surface area contributed by atoms with Gasteiger partial charge in [0.1, 0.15) is 0 Å². The third-order valence-electron chi connectivity index (χ3n) is 5.84. The van der Waals surface area contributed by atoms with Crippen LogP contribution in [0.3, 0.4) is 0 Å². The molecule has 2 heterocycles. The Bertz CT molecular complexity index is 1090. The van der Waals surface area contributed by atoms with Gasteiger partial charge in [-0.2, -0.15) is 0 Å². The summed E-state index contributed by atoms with van der Waals surface area (Å²) in [6, 6.07) is 15.6. The molecule has 7 nitrogen and oxygen atoms in total. The average molecular weight is 430 g/mol. The zero-order valence-corrected chi connectivity index (χ0v) is 18.4. The van der Waals surface area contributed by atoms with E-state index in [0.717, 1.165) is 22.4 Å². The molecule has 2 amide bonds. The highest BCUT2D eigenvalue weighted by atomic mass is 16.2. The van der Waals surface area contributed by atoms with Crippen LogP contribution in [0.4, 0.5) is 5.69 Å². The van der Waals surface area contributed by atoms with E-state index in [-0.39, 0.29) is 11.8 Å². The molecule has 3 aromatic rings. The summed E-state index contributed by atoms with van der Waals surface area (Å²) in [5.41, 5.74) is 4.47. The molecule has 2 aromatic carbocycles. The summed E-state index contributed by atoms with van der Waals surface area (Å²) in [4.78, 5) is 37.9. The van der Waals surface area contributed by atoms with Crippen molar-refractivity contribution < 1.29 is 9.59 Å². The van der Waals surface area contributed by atoms with E-state index < -0.39 is 0 Å². The van der Waals surface area contributed by atoms with Crippen LogP contribution in [0.15, 0.2) is 60.9 Å². The second-order valence-electron chi connectivity index (χ2n) is 8.03. The summed E-state index contributed by atoms with van der Waals surface area (Å²) < 4.78 is 0. The van der Waals surface area contributed by atoms with Crippen LogP contribution in [0.1, 0.15) is 21.5 Å². The molecule has 1 aliphatic rings. The summed E-state index contributed by atoms with van der Waals surface area (Å²) in [5, 5.41) is 3.00. The molecule has 4 rings (SSSR count). The maximum Gasteiger partial charge on any atom is 0.257 e. The Hall–Kier alpha value is -3.58. The zero-order valence-electron chi connectivity index (χ0n) is 18.4. The number of amides is 2. The molecule has 1 saturated heterocycles. The van der Waals surface area contributed by atoms with Crippen LogP contribution < -0.4 is 5.32 Å². The number of hydrogen-bond acceptors (Lipinski definition) is 5. The van der Waals surface area contributed by atoms with Gasteiger partial charge >= 0.3 is 0 Å². The van der Waals surface area contributed by atoms with Gasteiger partial charge in [-0.3, -0.25) is 14.5 Å². The summed E-state index contributed by atoms with van der Waals surface area (Å²) in [6.07, 6.45) is 3.17. The van der Waals surface area contributed by atoms with E-state index in [1.165, 1.54) is 0 Å². The molecule has 1 fully saturated rings. The molecule has 1 N–H and O–H groups in total. The van der Waals surface area contributed by atoms with E-state index in [1.807, 2.05) is 62.4 Å². The van der Waals surface area contributed by atoms with Crippen molar-refractivity contribution in [2.45, 2.75) is 13.8 Å². The topological polar surface area (TPSA) is 78.4 Å². The van der Waals surface area contributed by atoms with Gasteiger partial charge in [-0.15, -0.1) is 0 Å². The van der Waals surface area contributed by atoms with Crippen LogP contribution in [0.25, 0.3) is 11.4 Å². The number of aromatic nitrogens is 2. The fourth-order valence-corrected chi connectivity index (χ4v) is 3.75. The maximum absolute atomic E-state index is 12.8. The molecule has 0 atom stereocenters. The van der Waals surface area contributed by atoms with Crippen molar-refractivity contribution in [3.8, 4) is 11.4 Å². The van der Waals surface area contributed by atoms with Crippen LogP contribution in [0.5, 0.6) is 0 Å². The first-order valence-electron chi connectivity index (χ1n) is 10.8. The predicted molar refractivity (Wildman–Crippen MR) is 124 cm³/mol. The molecule has 0 radical (unpaired) electrons. The Morgan fingerprint density at radius 1 is 0.906 bits per heavy atom. The Balaban J connectivity index is 1.29. The van der Waals surface area contributed by atoms with E-state index in [1.54, 1.807) is 17.3 Å². The van der Waals surface area contributed by atoms with E-state index in [4.69, 9.17) is 0 Å². The largest absolute Gasteiger partial charge is 0.336 e. The highest BCUT2D eigenvalue weighted by Crippen LogP contribution is 2.18. The molecule has 0 bridgehead atoms. The minimum absolute atomic E-state index is 0.0385. The zero-order chi connectivity index (χ0) is 22.5. The second-order valence-corrected chi connectivity index (χ2v) is 8.03. The lowest BCUT2D eigenvalue weighted by atomic mass is 10.1. The minimum atomic E-state index is -0.0795. The van der Waals surface area contributed by atoms with Crippen LogP contribution in [0, 0.1) is 13.8 Å². The summed E-state index contributed by atoms with van der Waals surface area (Å²) in [7, 11) is 0. The highest BCUT2D eigenvalue weighted by Gasteiger charge is 2.24. The lowest BCUT2D eigenvalue weighted by Gasteiger charge is -2.34. The third-order valence-corrected chi connectivity index (χ3v) is 5.84. The van der Waals surface area contributed by atoms with Gasteiger partial charge in [0.15, 0.2) is 5.82 Å². The SMILES string of the molecule is Cc1cccc(NC(=O)CN2CCN(C(=O)c3cnc(-c4ccccc4)nc3)CC2)c1C. The molecular weight excluding hydrogens is 402 g/mol. The normalized spacial score (nSPS) is 14.2. The van der Waals surface area contributed by atoms with Gasteiger partial charge in [0.2, 0.25) is 5.91 Å². The average Bonchev–Trinajstić information content (AvgIpc) is 2.83. The number of aryl methyl sites for hydroxylation is 1. The first-order valence-corrected chi connectivity index (χ1v) is 10.8. The Labute approximate surface area is 188 Å². The van der Waals surface area contributed by atoms with Gasteiger partial charge in [-0.05, 0) is 31.0 Å². The van der Waals surface area contributed by atoms with Gasteiger partial charge in [0.05, 0.1) is 12.1 Å². The summed E-state index contributed by atoms with van der Waals surface area (Å²) in [5.74, 6) is 0.481. The summed E-state index contributed by atoms with van der Waals surface area (Å²) >= 11 is 0. The van der Waals surface area contributed by atoms with Gasteiger partial charge in [0, 0.05) is 49.8 Å². The van der Waals surface area contributed by atoms with E-state index in [2.05, 4.69) is 20.2 Å². The van der Waals surface area contributed by atoms with Crippen LogP contribution in [-0.2, 0) is 4.79 Å². The molecule has 0 unspecified atom stereocenters. The lowest BCUT2D eigenvalue weighted by Crippen LogP contribution is -2.50. The monoisotopic (exact) mass is 429 g/mol. The van der Waals surface area contributed by atoms with Crippen molar-refractivity contribution in [1.29, 1.82) is 0 Å². The number of nitrogens with zero attached hydrogens (tertiary/aromatic N) is 4. The Morgan fingerprint density at radius 3 is 2.28 bits per heavy atom. The molecular formula is C25H27N5O2. The Morgan fingerprint density at radius 2 is 1.59 bits per heavy atom. The smallest absolute Gasteiger partial charge is 0.257 e. The number of carbonyl (C=O) groups excluding carboxylic acids is 2. The molecule has 7 heteroatoms. The molecule has 0 aliphatic carbocycles. The van der Waals surface area contributed by atoms with E-state index in [0.29, 0.717) is 44.1 Å². The van der Waals surface area contributed by atoms with Crippen molar-refractivity contribution in [3.63, 3.8) is 0 Å². The maximum atomic E-state index is 12.8. The van der Waals surface area contributed by atoms with Gasteiger partial charge in [0.25, 0.3) is 5.91 Å². The van der Waals surface area contributed by atoms with Crippen LogP contribution >= 0.6 is 0 Å². The predicted octanol–water partition coefficient (Wildman–Crippen LogP) is 3.16. The fourth-order valence-electron chi connectivity index (χ4n) is 3.75. The molecule has 0 spiro atoms. The number of rotatable bonds is 5. The summed E-state index contributed by atoms with van der Waals surface area (Å²) in [6.45, 7) is 6.77. The van der Waals surface area contributed by atoms with Crippen molar-refractivity contribution in [2.75, 3.05) is 38.0 Å². The van der Waals surface area contributed by atoms with E-state index >= 15 is 0 Å².